The van der Waals surface area contributed by atoms with E-state index in [2.05, 4.69) is 5.32 Å². The van der Waals surface area contributed by atoms with Crippen molar-refractivity contribution in [3.8, 4) is 0 Å². The highest BCUT2D eigenvalue weighted by Crippen LogP contribution is 2.24. The summed E-state index contributed by atoms with van der Waals surface area (Å²) in [6.07, 6.45) is 2.06. The molecule has 0 saturated carbocycles. The van der Waals surface area contributed by atoms with Gasteiger partial charge >= 0.3 is 5.97 Å². The van der Waals surface area contributed by atoms with Gasteiger partial charge in [-0.05, 0) is 25.2 Å². The van der Waals surface area contributed by atoms with Gasteiger partial charge < -0.3 is 15.3 Å². The van der Waals surface area contributed by atoms with Crippen molar-refractivity contribution in [1.82, 2.24) is 15.7 Å². The average molecular weight is 371 g/mol. The standard InChI is InChI=1S/C17H29N3O6/c1-4-6-11(9-13(21)19-26)16(23)20-8-5-7-12(20)15(22)18-14(10(2)3)17(24)25/h10-12,14,26H,4-9H2,1-3H3,(H,18,22)(H,19,21)(H,24,25)/t11-,12+,14-/m0/s1. The number of hydrogen-bond acceptors (Lipinski definition) is 5. The maximum absolute atomic E-state index is 12.8. The maximum atomic E-state index is 12.8. The van der Waals surface area contributed by atoms with Crippen LogP contribution in [-0.2, 0) is 19.2 Å². The third-order valence-electron chi connectivity index (χ3n) is 4.61. The molecule has 9 nitrogen and oxygen atoms in total. The lowest BCUT2D eigenvalue weighted by atomic mass is 9.97. The van der Waals surface area contributed by atoms with Crippen LogP contribution in [0.3, 0.4) is 0 Å². The van der Waals surface area contributed by atoms with Crippen LogP contribution in [0, 0.1) is 11.8 Å². The van der Waals surface area contributed by atoms with E-state index in [1.165, 1.54) is 10.4 Å². The minimum atomic E-state index is -1.12. The van der Waals surface area contributed by atoms with Gasteiger partial charge in [-0.3, -0.25) is 19.6 Å². The molecule has 0 aromatic rings. The Labute approximate surface area is 153 Å². The normalized spacial score (nSPS) is 19.1. The molecule has 1 fully saturated rings. The maximum Gasteiger partial charge on any atom is 0.326 e. The molecule has 3 amide bonds. The van der Waals surface area contributed by atoms with Crippen molar-refractivity contribution >= 4 is 23.7 Å². The topological polar surface area (TPSA) is 136 Å². The first kappa shape index (κ1) is 21.9. The quantitative estimate of drug-likeness (QED) is 0.344. The Hall–Kier alpha value is -2.16. The molecule has 0 unspecified atom stereocenters. The van der Waals surface area contributed by atoms with Gasteiger partial charge in [0.05, 0.1) is 0 Å². The Kier molecular flexibility index (Phi) is 8.50. The van der Waals surface area contributed by atoms with Crippen molar-refractivity contribution in [2.75, 3.05) is 6.54 Å². The summed E-state index contributed by atoms with van der Waals surface area (Å²) in [4.78, 5) is 49.5. The van der Waals surface area contributed by atoms with E-state index >= 15 is 0 Å². The fraction of sp³-hybridized carbons (Fsp3) is 0.765. The molecule has 0 aliphatic carbocycles. The number of likely N-dealkylation sites (tertiary alicyclic amines) is 1. The SMILES string of the molecule is CCC[C@@H](CC(=O)NO)C(=O)N1CCC[C@@H]1C(=O)N[C@H](C(=O)O)C(C)C. The van der Waals surface area contributed by atoms with Gasteiger partial charge in [-0.15, -0.1) is 0 Å². The van der Waals surface area contributed by atoms with Crippen LogP contribution >= 0.6 is 0 Å². The highest BCUT2D eigenvalue weighted by molar-refractivity contribution is 5.92. The van der Waals surface area contributed by atoms with Gasteiger partial charge in [0.25, 0.3) is 0 Å². The molecular weight excluding hydrogens is 342 g/mol. The summed E-state index contributed by atoms with van der Waals surface area (Å²) in [5.41, 5.74) is 1.53. The molecule has 148 valence electrons. The summed E-state index contributed by atoms with van der Waals surface area (Å²) < 4.78 is 0. The van der Waals surface area contributed by atoms with E-state index in [-0.39, 0.29) is 18.2 Å². The zero-order valence-corrected chi connectivity index (χ0v) is 15.5. The number of nitrogens with one attached hydrogen (secondary N) is 2. The van der Waals surface area contributed by atoms with Gasteiger partial charge in [0.2, 0.25) is 17.7 Å². The van der Waals surface area contributed by atoms with Crippen LogP contribution in [0.4, 0.5) is 0 Å². The van der Waals surface area contributed by atoms with Crippen molar-refractivity contribution in [1.29, 1.82) is 0 Å². The van der Waals surface area contributed by atoms with Crippen molar-refractivity contribution in [2.24, 2.45) is 11.8 Å². The molecule has 1 saturated heterocycles. The average Bonchev–Trinajstić information content (AvgIpc) is 3.07. The zero-order valence-electron chi connectivity index (χ0n) is 15.5. The summed E-state index contributed by atoms with van der Waals surface area (Å²) in [6, 6.07) is -1.76. The van der Waals surface area contributed by atoms with Crippen LogP contribution in [0.5, 0.6) is 0 Å². The lowest BCUT2D eigenvalue weighted by Crippen LogP contribution is -2.53. The smallest absolute Gasteiger partial charge is 0.326 e. The first-order chi connectivity index (χ1) is 12.2. The van der Waals surface area contributed by atoms with Crippen LogP contribution in [0.25, 0.3) is 0 Å². The summed E-state index contributed by atoms with van der Waals surface area (Å²) in [5.74, 6) is -3.48. The second-order valence-corrected chi connectivity index (χ2v) is 6.98. The van der Waals surface area contributed by atoms with Gasteiger partial charge in [-0.1, -0.05) is 27.2 Å². The Morgan fingerprint density at radius 3 is 2.38 bits per heavy atom. The minimum Gasteiger partial charge on any atom is -0.480 e. The lowest BCUT2D eigenvalue weighted by molar-refractivity contribution is -0.147. The molecule has 1 aliphatic rings. The summed E-state index contributed by atoms with van der Waals surface area (Å²) in [7, 11) is 0. The molecule has 1 aliphatic heterocycles. The Morgan fingerprint density at radius 2 is 1.88 bits per heavy atom. The highest BCUT2D eigenvalue weighted by Gasteiger charge is 2.38. The molecule has 0 spiro atoms. The number of hydrogen-bond donors (Lipinski definition) is 4. The van der Waals surface area contributed by atoms with Gasteiger partial charge in [0.1, 0.15) is 12.1 Å². The first-order valence-electron chi connectivity index (χ1n) is 8.99. The summed E-state index contributed by atoms with van der Waals surface area (Å²) in [6.45, 7) is 5.66. The third-order valence-corrected chi connectivity index (χ3v) is 4.61. The molecule has 4 N–H and O–H groups in total. The number of nitrogens with zero attached hydrogens (tertiary/aromatic N) is 1. The van der Waals surface area contributed by atoms with Gasteiger partial charge in [0, 0.05) is 18.9 Å². The van der Waals surface area contributed by atoms with Crippen molar-refractivity contribution in [3.05, 3.63) is 0 Å². The van der Waals surface area contributed by atoms with Crippen LogP contribution in [-0.4, -0.2) is 57.5 Å². The third kappa shape index (κ3) is 5.69. The number of carboxylic acids is 1. The highest BCUT2D eigenvalue weighted by atomic mass is 16.5. The lowest BCUT2D eigenvalue weighted by Gasteiger charge is -2.29. The van der Waals surface area contributed by atoms with E-state index in [1.807, 2.05) is 6.92 Å². The van der Waals surface area contributed by atoms with E-state index in [1.54, 1.807) is 13.8 Å². The van der Waals surface area contributed by atoms with Crippen LogP contribution in [0.2, 0.25) is 0 Å². The minimum absolute atomic E-state index is 0.155. The predicted octanol–water partition coefficient (Wildman–Crippen LogP) is 0.515. The van der Waals surface area contributed by atoms with E-state index in [0.717, 1.165) is 0 Å². The van der Waals surface area contributed by atoms with Crippen molar-refractivity contribution in [3.63, 3.8) is 0 Å². The Morgan fingerprint density at radius 1 is 1.23 bits per heavy atom. The summed E-state index contributed by atoms with van der Waals surface area (Å²) >= 11 is 0. The first-order valence-corrected chi connectivity index (χ1v) is 8.99. The van der Waals surface area contributed by atoms with Gasteiger partial charge in [-0.25, -0.2) is 10.3 Å². The van der Waals surface area contributed by atoms with E-state index in [0.29, 0.717) is 32.2 Å². The molecular formula is C17H29N3O6. The van der Waals surface area contributed by atoms with Crippen LogP contribution < -0.4 is 10.8 Å². The number of amides is 3. The molecule has 1 rings (SSSR count). The number of hydroxylamine groups is 1. The van der Waals surface area contributed by atoms with Crippen molar-refractivity contribution in [2.45, 2.75) is 65.0 Å². The number of carbonyl (C=O) groups excluding carboxylic acids is 3. The monoisotopic (exact) mass is 371 g/mol. The number of rotatable bonds is 9. The van der Waals surface area contributed by atoms with Gasteiger partial charge in [0.15, 0.2) is 0 Å². The van der Waals surface area contributed by atoms with E-state index in [9.17, 15) is 24.3 Å². The summed E-state index contributed by atoms with van der Waals surface area (Å²) in [5, 5.41) is 20.4. The second-order valence-electron chi connectivity index (χ2n) is 6.98. The van der Waals surface area contributed by atoms with Crippen LogP contribution in [0.1, 0.15) is 52.9 Å². The zero-order chi connectivity index (χ0) is 19.9. The van der Waals surface area contributed by atoms with Crippen LogP contribution in [0.15, 0.2) is 0 Å². The molecule has 26 heavy (non-hydrogen) atoms. The molecule has 0 radical (unpaired) electrons. The largest absolute Gasteiger partial charge is 0.480 e. The number of carboxylic acid groups (broad SMARTS) is 1. The molecule has 3 atom stereocenters. The fourth-order valence-corrected chi connectivity index (χ4v) is 3.23. The molecule has 0 aromatic heterocycles. The van der Waals surface area contributed by atoms with E-state index < -0.39 is 35.8 Å². The number of aliphatic carboxylic acids is 1. The fourth-order valence-electron chi connectivity index (χ4n) is 3.23. The molecule has 0 bridgehead atoms. The Balaban J connectivity index is 2.86. The van der Waals surface area contributed by atoms with Gasteiger partial charge in [-0.2, -0.15) is 0 Å². The Bertz CT molecular complexity index is 537. The van der Waals surface area contributed by atoms with Crippen molar-refractivity contribution < 1.29 is 29.5 Å². The van der Waals surface area contributed by atoms with E-state index in [4.69, 9.17) is 5.21 Å². The second kappa shape index (κ2) is 10.1. The molecule has 0 aromatic carbocycles. The molecule has 1 heterocycles. The number of carbonyl (C=O) groups is 4. The predicted molar refractivity (Wildman–Crippen MR) is 92.1 cm³/mol. The molecule has 9 heteroatoms.